The van der Waals surface area contributed by atoms with E-state index in [0.717, 1.165) is 12.1 Å². The molecule has 21 heavy (non-hydrogen) atoms. The van der Waals surface area contributed by atoms with E-state index in [1.54, 1.807) is 0 Å². The average Bonchev–Trinajstić information content (AvgIpc) is 2.37. The van der Waals surface area contributed by atoms with Crippen LogP contribution in [0.15, 0.2) is 42.5 Å². The van der Waals surface area contributed by atoms with Crippen LogP contribution in [0.25, 0.3) is 0 Å². The van der Waals surface area contributed by atoms with Crippen molar-refractivity contribution in [1.29, 1.82) is 0 Å². The van der Waals surface area contributed by atoms with E-state index in [-0.39, 0.29) is 22.7 Å². The second-order valence-corrected chi connectivity index (χ2v) is 4.19. The van der Waals surface area contributed by atoms with Gasteiger partial charge in [0.25, 0.3) is 0 Å². The summed E-state index contributed by atoms with van der Waals surface area (Å²) in [6.45, 7) is 0. The molecule has 0 atom stereocenters. The topological polar surface area (TPSA) is 72.6 Å². The van der Waals surface area contributed by atoms with Gasteiger partial charge in [-0.1, -0.05) is 6.07 Å². The SMILES string of the molecule is Nc1ccc(C(=O)O)c(Oc2cccc(C(F)(F)F)c2)c1. The Morgan fingerprint density at radius 2 is 1.86 bits per heavy atom. The van der Waals surface area contributed by atoms with E-state index in [1.807, 2.05) is 0 Å². The number of nitrogens with two attached hydrogens (primary N) is 1. The lowest BCUT2D eigenvalue weighted by Crippen LogP contribution is -2.05. The van der Waals surface area contributed by atoms with Gasteiger partial charge in [-0.2, -0.15) is 13.2 Å². The Hall–Kier alpha value is -2.70. The first-order valence-electron chi connectivity index (χ1n) is 5.75. The van der Waals surface area contributed by atoms with Crippen LogP contribution in [0.1, 0.15) is 15.9 Å². The minimum Gasteiger partial charge on any atom is -0.478 e. The van der Waals surface area contributed by atoms with Gasteiger partial charge >= 0.3 is 12.1 Å². The van der Waals surface area contributed by atoms with Crippen molar-refractivity contribution in [2.75, 3.05) is 5.73 Å². The predicted octanol–water partition coefficient (Wildman–Crippen LogP) is 3.78. The van der Waals surface area contributed by atoms with Gasteiger partial charge in [-0.05, 0) is 30.3 Å². The summed E-state index contributed by atoms with van der Waals surface area (Å²) in [6, 6.07) is 7.97. The third-order valence-electron chi connectivity index (χ3n) is 2.63. The molecule has 0 heterocycles. The zero-order chi connectivity index (χ0) is 15.6. The maximum Gasteiger partial charge on any atom is 0.416 e. The van der Waals surface area contributed by atoms with Gasteiger partial charge in [-0.25, -0.2) is 4.79 Å². The first kappa shape index (κ1) is 14.7. The smallest absolute Gasteiger partial charge is 0.416 e. The summed E-state index contributed by atoms with van der Waals surface area (Å²) in [7, 11) is 0. The summed E-state index contributed by atoms with van der Waals surface area (Å²) in [6.07, 6.45) is -4.51. The molecular formula is C14H10F3NO3. The highest BCUT2D eigenvalue weighted by Gasteiger charge is 2.30. The van der Waals surface area contributed by atoms with E-state index in [1.165, 1.54) is 30.3 Å². The first-order chi connectivity index (χ1) is 9.77. The average molecular weight is 297 g/mol. The molecule has 3 N–H and O–H groups in total. The second kappa shape index (κ2) is 5.35. The molecule has 0 saturated carbocycles. The number of benzene rings is 2. The van der Waals surface area contributed by atoms with Gasteiger partial charge in [-0.3, -0.25) is 0 Å². The molecule has 110 valence electrons. The van der Waals surface area contributed by atoms with Gasteiger partial charge in [0, 0.05) is 11.8 Å². The molecule has 2 aromatic carbocycles. The molecule has 0 amide bonds. The Kier molecular flexibility index (Phi) is 3.75. The Bertz CT molecular complexity index is 683. The highest BCUT2D eigenvalue weighted by molar-refractivity contribution is 5.91. The van der Waals surface area contributed by atoms with Crippen molar-refractivity contribution in [3.8, 4) is 11.5 Å². The third-order valence-corrected chi connectivity index (χ3v) is 2.63. The number of rotatable bonds is 3. The summed E-state index contributed by atoms with van der Waals surface area (Å²) >= 11 is 0. The van der Waals surface area contributed by atoms with Crippen molar-refractivity contribution in [3.63, 3.8) is 0 Å². The molecule has 0 unspecified atom stereocenters. The molecule has 0 spiro atoms. The van der Waals surface area contributed by atoms with Crippen molar-refractivity contribution in [2.24, 2.45) is 0 Å². The lowest BCUT2D eigenvalue weighted by Gasteiger charge is -2.12. The first-order valence-corrected chi connectivity index (χ1v) is 5.75. The quantitative estimate of drug-likeness (QED) is 0.846. The molecule has 2 aromatic rings. The van der Waals surface area contributed by atoms with E-state index in [2.05, 4.69) is 0 Å². The molecule has 0 bridgehead atoms. The number of halogens is 3. The van der Waals surface area contributed by atoms with E-state index >= 15 is 0 Å². The second-order valence-electron chi connectivity index (χ2n) is 4.19. The lowest BCUT2D eigenvalue weighted by molar-refractivity contribution is -0.137. The number of hydrogen-bond donors (Lipinski definition) is 2. The number of ether oxygens (including phenoxy) is 1. The van der Waals surface area contributed by atoms with Crippen LogP contribution in [-0.4, -0.2) is 11.1 Å². The summed E-state index contributed by atoms with van der Waals surface area (Å²) in [5, 5.41) is 9.02. The monoisotopic (exact) mass is 297 g/mol. The fraction of sp³-hybridized carbons (Fsp3) is 0.0714. The van der Waals surface area contributed by atoms with Crippen molar-refractivity contribution in [3.05, 3.63) is 53.6 Å². The Labute approximate surface area is 117 Å². The van der Waals surface area contributed by atoms with Crippen LogP contribution in [0.2, 0.25) is 0 Å². The van der Waals surface area contributed by atoms with Crippen molar-refractivity contribution in [1.82, 2.24) is 0 Å². The molecule has 0 radical (unpaired) electrons. The van der Waals surface area contributed by atoms with Crippen molar-refractivity contribution in [2.45, 2.75) is 6.18 Å². The van der Waals surface area contributed by atoms with Crippen LogP contribution in [0.3, 0.4) is 0 Å². The van der Waals surface area contributed by atoms with Gasteiger partial charge in [-0.15, -0.1) is 0 Å². The summed E-state index contributed by atoms with van der Waals surface area (Å²) < 4.78 is 43.1. The summed E-state index contributed by atoms with van der Waals surface area (Å²) in [5.41, 5.74) is 4.68. The van der Waals surface area contributed by atoms with Crippen LogP contribution in [-0.2, 0) is 6.18 Å². The normalized spacial score (nSPS) is 11.2. The standard InChI is InChI=1S/C14H10F3NO3/c15-14(16,17)8-2-1-3-10(6-8)21-12-7-9(18)4-5-11(12)13(19)20/h1-7H,18H2,(H,19,20). The van der Waals surface area contributed by atoms with Crippen LogP contribution < -0.4 is 10.5 Å². The molecule has 0 aromatic heterocycles. The number of anilines is 1. The fourth-order valence-corrected chi connectivity index (χ4v) is 1.66. The predicted molar refractivity (Wildman–Crippen MR) is 69.3 cm³/mol. The number of carboxylic acid groups (broad SMARTS) is 1. The highest BCUT2D eigenvalue weighted by atomic mass is 19.4. The number of carboxylic acids is 1. The van der Waals surface area contributed by atoms with Crippen LogP contribution >= 0.6 is 0 Å². The van der Waals surface area contributed by atoms with Crippen molar-refractivity contribution >= 4 is 11.7 Å². The van der Waals surface area contributed by atoms with E-state index in [4.69, 9.17) is 15.6 Å². The molecule has 7 heteroatoms. The maximum absolute atomic E-state index is 12.6. The van der Waals surface area contributed by atoms with Gasteiger partial charge in [0.1, 0.15) is 17.1 Å². The molecule has 0 aliphatic heterocycles. The van der Waals surface area contributed by atoms with Crippen LogP contribution in [0.5, 0.6) is 11.5 Å². The minimum absolute atomic E-state index is 0.123. The number of alkyl halides is 3. The van der Waals surface area contributed by atoms with Gasteiger partial charge in [0.15, 0.2) is 0 Å². The maximum atomic E-state index is 12.6. The zero-order valence-corrected chi connectivity index (χ0v) is 10.5. The fourth-order valence-electron chi connectivity index (χ4n) is 1.66. The molecule has 4 nitrogen and oxygen atoms in total. The Balaban J connectivity index is 2.39. The molecule has 0 fully saturated rings. The highest BCUT2D eigenvalue weighted by Crippen LogP contribution is 2.33. The number of carbonyl (C=O) groups is 1. The molecule has 2 rings (SSSR count). The Morgan fingerprint density at radius 3 is 2.48 bits per heavy atom. The van der Waals surface area contributed by atoms with Gasteiger partial charge in [0.2, 0.25) is 0 Å². The number of hydrogen-bond acceptors (Lipinski definition) is 3. The molecule has 0 saturated heterocycles. The zero-order valence-electron chi connectivity index (χ0n) is 10.5. The lowest BCUT2D eigenvalue weighted by atomic mass is 10.1. The van der Waals surface area contributed by atoms with Gasteiger partial charge in [0.05, 0.1) is 5.56 Å². The molecule has 0 aliphatic rings. The Morgan fingerprint density at radius 1 is 1.14 bits per heavy atom. The van der Waals surface area contributed by atoms with Crippen molar-refractivity contribution < 1.29 is 27.8 Å². The van der Waals surface area contributed by atoms with Crippen LogP contribution in [0, 0.1) is 0 Å². The number of nitrogen functional groups attached to an aromatic ring is 1. The molecular weight excluding hydrogens is 287 g/mol. The minimum atomic E-state index is -4.51. The third kappa shape index (κ3) is 3.44. The van der Waals surface area contributed by atoms with Crippen LogP contribution in [0.4, 0.5) is 18.9 Å². The summed E-state index contributed by atoms with van der Waals surface area (Å²) in [4.78, 5) is 11.0. The number of aromatic carboxylic acids is 1. The van der Waals surface area contributed by atoms with E-state index in [0.29, 0.717) is 0 Å². The van der Waals surface area contributed by atoms with E-state index in [9.17, 15) is 18.0 Å². The van der Waals surface area contributed by atoms with E-state index < -0.39 is 17.7 Å². The summed E-state index contributed by atoms with van der Waals surface area (Å²) in [5.74, 6) is -1.52. The molecule has 0 aliphatic carbocycles. The largest absolute Gasteiger partial charge is 0.478 e. The van der Waals surface area contributed by atoms with Gasteiger partial charge < -0.3 is 15.6 Å².